The first-order valence-corrected chi connectivity index (χ1v) is 10.9. The van der Waals surface area contributed by atoms with Gasteiger partial charge in [0.05, 0.1) is 0 Å². The molecule has 0 aromatic heterocycles. The summed E-state index contributed by atoms with van der Waals surface area (Å²) in [4.78, 5) is 107. The monoisotopic (exact) mass is 1070 g/mol. The second-order valence-corrected chi connectivity index (χ2v) is 5.90. The molecule has 0 aromatic rings. The van der Waals surface area contributed by atoms with Gasteiger partial charge in [-0.1, -0.05) is 0 Å². The average Bonchev–Trinajstić information content (AvgIpc) is 2.61. The fourth-order valence-corrected chi connectivity index (χ4v) is 0. The zero-order chi connectivity index (χ0) is 42.9. The molecule has 27 heteroatoms. The van der Waals surface area contributed by atoms with Crippen molar-refractivity contribution in [2.75, 3.05) is 0 Å². The van der Waals surface area contributed by atoms with E-state index in [1.807, 2.05) is 0 Å². The van der Waals surface area contributed by atoms with Crippen LogP contribution in [0.3, 0.4) is 0 Å². The molecule has 0 atom stereocenters. The maximum absolute atomic E-state index is 8.89. The molecule has 0 aliphatic carbocycles. The first-order valence-electron chi connectivity index (χ1n) is 10.9. The van der Waals surface area contributed by atoms with Gasteiger partial charge in [-0.15, -0.1) is 0 Å². The van der Waals surface area contributed by atoms with Crippen molar-refractivity contribution in [2.24, 2.45) is 0 Å². The zero-order valence-electron chi connectivity index (χ0n) is 29.3. The van der Waals surface area contributed by atoms with Gasteiger partial charge >= 0.3 is 71.7 Å². The van der Waals surface area contributed by atoms with E-state index in [1.165, 1.54) is 0 Å². The molecule has 0 bridgehead atoms. The van der Waals surface area contributed by atoms with E-state index in [2.05, 4.69) is 0 Å². The summed E-state index contributed by atoms with van der Waals surface area (Å²) < 4.78 is 0. The first kappa shape index (κ1) is 97.1. The summed E-state index contributed by atoms with van der Waals surface area (Å²) in [5, 5.41) is 107. The molecule has 0 aliphatic heterocycles. The Labute approximate surface area is 343 Å². The summed E-state index contributed by atoms with van der Waals surface area (Å²) in [7, 11) is 0. The van der Waals surface area contributed by atoms with Crippen molar-refractivity contribution in [1.29, 1.82) is 0 Å². The minimum Gasteiger partial charge on any atom is -0.550 e. The van der Waals surface area contributed by atoms with Crippen molar-refractivity contribution in [3.8, 4) is 0 Å². The van der Waals surface area contributed by atoms with Crippen LogP contribution in [0.15, 0.2) is 0 Å². The van der Waals surface area contributed by atoms with E-state index in [-0.39, 0.29) is 71.7 Å². The molecule has 0 rings (SSSR count). The fourth-order valence-electron chi connectivity index (χ4n) is 0. The van der Waals surface area contributed by atoms with Gasteiger partial charge in [0.15, 0.2) is 0 Å². The van der Waals surface area contributed by atoms with Gasteiger partial charge < -0.3 is 119 Å². The van der Waals surface area contributed by atoms with E-state index in [4.69, 9.17) is 119 Å². The Balaban J connectivity index is -0.0000000212. The number of carbonyl (C=O) groups excluding carboxylic acids is 12. The molecule has 0 spiro atoms. The van der Waals surface area contributed by atoms with Gasteiger partial charge in [0.2, 0.25) is 0 Å². The summed E-state index contributed by atoms with van der Waals surface area (Å²) in [6.45, 7) is 11.7. The van der Waals surface area contributed by atoms with Crippen LogP contribution in [-0.4, -0.2) is 143 Å². The number of aliphatic carboxylic acids is 12. The van der Waals surface area contributed by atoms with E-state index in [9.17, 15) is 0 Å². The molecule has 0 amide bonds. The molecule has 0 heterocycles. The number of hydrogen-bond donors (Lipinski definition) is 0. The number of carboxylic acids is 12. The van der Waals surface area contributed by atoms with Crippen LogP contribution >= 0.6 is 0 Å². The van der Waals surface area contributed by atoms with E-state index in [1.54, 1.807) is 0 Å². The van der Waals surface area contributed by atoms with Gasteiger partial charge in [-0.3, -0.25) is 0 Å². The quantitative estimate of drug-likeness (QED) is 0.203. The van der Waals surface area contributed by atoms with Crippen LogP contribution in [-0.2, 0) is 57.5 Å². The summed E-state index contributed by atoms with van der Waals surface area (Å²) in [6.07, 6.45) is 0. The van der Waals surface area contributed by atoms with E-state index >= 15 is 0 Å². The van der Waals surface area contributed by atoms with Crippen LogP contribution in [0.2, 0.25) is 0 Å². The van der Waals surface area contributed by atoms with Gasteiger partial charge in [-0.05, 0) is 83.1 Å². The molecular formula is C24H36O24Sn3. The van der Waals surface area contributed by atoms with Gasteiger partial charge in [-0.2, -0.15) is 0 Å². The predicted octanol–water partition coefficient (Wildman–Crippen LogP) is -16.1. The van der Waals surface area contributed by atoms with E-state index < -0.39 is 71.6 Å². The molecule has 24 nitrogen and oxygen atoms in total. The molecule has 0 saturated heterocycles. The second-order valence-electron chi connectivity index (χ2n) is 5.90. The largest absolute Gasteiger partial charge is 4.00 e. The first-order chi connectivity index (χ1) is 20.8. The molecule has 0 N–H and O–H groups in total. The Morgan fingerprint density at radius 3 is 0.176 bits per heavy atom. The predicted molar refractivity (Wildman–Crippen MR) is 145 cm³/mol. The third-order valence-corrected chi connectivity index (χ3v) is 0. The number of carbonyl (C=O) groups is 12. The van der Waals surface area contributed by atoms with Crippen LogP contribution in [0.5, 0.6) is 0 Å². The third kappa shape index (κ3) is 5680. The Morgan fingerprint density at radius 2 is 0.176 bits per heavy atom. The van der Waals surface area contributed by atoms with Crippen LogP contribution in [0, 0.1) is 0 Å². The van der Waals surface area contributed by atoms with Crippen LogP contribution in [0.25, 0.3) is 0 Å². The third-order valence-electron chi connectivity index (χ3n) is 0. The summed E-state index contributed by atoms with van der Waals surface area (Å²) in [6, 6.07) is 0. The van der Waals surface area contributed by atoms with Gasteiger partial charge in [0.1, 0.15) is 0 Å². The normalized spacial score (nSPS) is 5.88. The molecule has 51 heavy (non-hydrogen) atoms. The summed E-state index contributed by atoms with van der Waals surface area (Å²) in [5.74, 6) is -13.0. The summed E-state index contributed by atoms with van der Waals surface area (Å²) >= 11 is 0. The average molecular weight is 1060 g/mol. The minimum atomic E-state index is -1.08. The molecule has 0 radical (unpaired) electrons. The van der Waals surface area contributed by atoms with Crippen molar-refractivity contribution in [2.45, 2.75) is 83.1 Å². The van der Waals surface area contributed by atoms with Crippen molar-refractivity contribution in [1.82, 2.24) is 0 Å². The minimum absolute atomic E-state index is 0. The maximum atomic E-state index is 8.89. The molecule has 0 aliphatic rings. The SMILES string of the molecule is CC(=O)[O-].CC(=O)[O-].CC(=O)[O-].CC(=O)[O-].CC(=O)[O-].CC(=O)[O-].CC(=O)[O-].CC(=O)[O-].CC(=O)[O-].CC(=O)[O-].CC(=O)[O-].CC(=O)[O-].[Sn+4].[Sn+4].[Sn+4]. The Hall–Kier alpha value is -3.96. The molecule has 0 aromatic carbocycles. The van der Waals surface area contributed by atoms with Crippen LogP contribution in [0.4, 0.5) is 0 Å². The van der Waals surface area contributed by atoms with Crippen molar-refractivity contribution >= 4 is 143 Å². The standard InChI is InChI=1S/12C2H4O2.3Sn/c12*1-2(3)4;;;/h12*1H3,(H,3,4);;;/q;;;;;;;;;;;;3*+4/p-12. The molecular weight excluding hydrogens is 1030 g/mol. The van der Waals surface area contributed by atoms with Crippen molar-refractivity contribution in [3.05, 3.63) is 0 Å². The smallest absolute Gasteiger partial charge is 0.550 e. The van der Waals surface area contributed by atoms with Gasteiger partial charge in [-0.25, -0.2) is 0 Å². The number of rotatable bonds is 0. The maximum Gasteiger partial charge on any atom is 4.00 e. The van der Waals surface area contributed by atoms with Gasteiger partial charge in [0.25, 0.3) is 0 Å². The molecule has 0 saturated carbocycles. The Morgan fingerprint density at radius 1 is 0.176 bits per heavy atom. The van der Waals surface area contributed by atoms with Crippen LogP contribution < -0.4 is 61.3 Å². The second kappa shape index (κ2) is 91.0. The van der Waals surface area contributed by atoms with Crippen molar-refractivity contribution in [3.63, 3.8) is 0 Å². The van der Waals surface area contributed by atoms with E-state index in [0.717, 1.165) is 83.1 Å². The van der Waals surface area contributed by atoms with Crippen molar-refractivity contribution < 1.29 is 119 Å². The Kier molecular flexibility index (Phi) is 173. The number of carboxylic acid groups (broad SMARTS) is 12. The molecule has 288 valence electrons. The van der Waals surface area contributed by atoms with E-state index in [0.29, 0.717) is 0 Å². The zero-order valence-corrected chi connectivity index (χ0v) is 37.9. The topological polar surface area (TPSA) is 482 Å². The fraction of sp³-hybridized carbons (Fsp3) is 0.500. The molecule has 0 unspecified atom stereocenters. The molecule has 0 fully saturated rings. The van der Waals surface area contributed by atoms with Crippen LogP contribution in [0.1, 0.15) is 83.1 Å². The van der Waals surface area contributed by atoms with Gasteiger partial charge in [0, 0.05) is 71.6 Å². The number of hydrogen-bond acceptors (Lipinski definition) is 24. The summed E-state index contributed by atoms with van der Waals surface area (Å²) in [5.41, 5.74) is 0. The Bertz CT molecular complexity index is 599.